The van der Waals surface area contributed by atoms with E-state index >= 15 is 0 Å². The first kappa shape index (κ1) is 14.1. The number of carboxylic acid groups (broad SMARTS) is 1. The van der Waals surface area contributed by atoms with Crippen LogP contribution in [0.3, 0.4) is 0 Å². The van der Waals surface area contributed by atoms with Crippen LogP contribution in [-0.4, -0.2) is 43.7 Å². The van der Waals surface area contributed by atoms with Crippen molar-refractivity contribution in [1.29, 1.82) is 0 Å². The predicted octanol–water partition coefficient (Wildman–Crippen LogP) is 1.41. The largest absolute Gasteiger partial charge is 0.478 e. The van der Waals surface area contributed by atoms with E-state index in [0.717, 1.165) is 0 Å². The van der Waals surface area contributed by atoms with Gasteiger partial charge in [-0.1, -0.05) is 0 Å². The van der Waals surface area contributed by atoms with E-state index in [4.69, 9.17) is 14.6 Å². The molecule has 0 bridgehead atoms. The van der Waals surface area contributed by atoms with E-state index in [-0.39, 0.29) is 18.3 Å². The van der Waals surface area contributed by atoms with Crippen molar-refractivity contribution in [1.82, 2.24) is 0 Å². The van der Waals surface area contributed by atoms with E-state index in [0.29, 0.717) is 13.2 Å². The molecule has 1 N–H and O–H groups in total. The van der Waals surface area contributed by atoms with Crippen molar-refractivity contribution in [3.05, 3.63) is 11.6 Å². The SMILES string of the molecule is CC(=CC(C)OCCOCCF)C(=O)O. The maximum absolute atomic E-state index is 11.6. The van der Waals surface area contributed by atoms with Crippen LogP contribution < -0.4 is 0 Å². The molecule has 0 rings (SSSR count). The second kappa shape index (κ2) is 8.38. The van der Waals surface area contributed by atoms with Crippen molar-refractivity contribution < 1.29 is 23.8 Å². The minimum absolute atomic E-state index is 0.0712. The van der Waals surface area contributed by atoms with E-state index in [2.05, 4.69) is 0 Å². The highest BCUT2D eigenvalue weighted by Gasteiger charge is 2.03. The summed E-state index contributed by atoms with van der Waals surface area (Å²) in [5.41, 5.74) is 0.243. The number of hydrogen-bond donors (Lipinski definition) is 1. The fourth-order valence-corrected chi connectivity index (χ4v) is 0.921. The molecule has 0 radical (unpaired) electrons. The molecule has 1 unspecified atom stereocenters. The maximum atomic E-state index is 11.6. The van der Waals surface area contributed by atoms with Crippen molar-refractivity contribution in [3.8, 4) is 0 Å². The van der Waals surface area contributed by atoms with Gasteiger partial charge in [0, 0.05) is 5.57 Å². The van der Waals surface area contributed by atoms with Gasteiger partial charge in [-0.3, -0.25) is 0 Å². The van der Waals surface area contributed by atoms with Crippen LogP contribution in [0.5, 0.6) is 0 Å². The Morgan fingerprint density at radius 1 is 1.47 bits per heavy atom. The molecule has 88 valence electrons. The number of carboxylic acids is 1. The summed E-state index contributed by atoms with van der Waals surface area (Å²) in [6.45, 7) is 3.44. The lowest BCUT2D eigenvalue weighted by molar-refractivity contribution is -0.132. The zero-order valence-electron chi connectivity index (χ0n) is 9.03. The van der Waals surface area contributed by atoms with E-state index in [9.17, 15) is 9.18 Å². The fraction of sp³-hybridized carbons (Fsp3) is 0.700. The van der Waals surface area contributed by atoms with Gasteiger partial charge < -0.3 is 14.6 Å². The van der Waals surface area contributed by atoms with Gasteiger partial charge >= 0.3 is 5.97 Å². The van der Waals surface area contributed by atoms with Gasteiger partial charge in [-0.2, -0.15) is 0 Å². The lowest BCUT2D eigenvalue weighted by Gasteiger charge is -2.09. The van der Waals surface area contributed by atoms with Crippen LogP contribution in [0, 0.1) is 0 Å². The van der Waals surface area contributed by atoms with Crippen molar-refractivity contribution in [2.75, 3.05) is 26.5 Å². The molecule has 0 aromatic rings. The summed E-state index contributed by atoms with van der Waals surface area (Å²) in [5, 5.41) is 8.58. The standard InChI is InChI=1S/C10H17FO4/c1-8(10(12)13)7-9(2)15-6-5-14-4-3-11/h7,9H,3-6H2,1-2H3,(H,12,13). The molecular formula is C10H17FO4. The Balaban J connectivity index is 3.61. The summed E-state index contributed by atoms with van der Waals surface area (Å²) in [7, 11) is 0. The molecule has 0 heterocycles. The molecule has 0 aromatic heterocycles. The lowest BCUT2D eigenvalue weighted by atomic mass is 10.2. The van der Waals surface area contributed by atoms with Gasteiger partial charge in [0.2, 0.25) is 0 Å². The number of alkyl halides is 1. The molecule has 0 aliphatic rings. The maximum Gasteiger partial charge on any atom is 0.331 e. The zero-order chi connectivity index (χ0) is 11.7. The number of carbonyl (C=O) groups is 1. The van der Waals surface area contributed by atoms with Crippen molar-refractivity contribution in [3.63, 3.8) is 0 Å². The number of halogens is 1. The molecule has 0 aromatic carbocycles. The van der Waals surface area contributed by atoms with E-state index in [1.54, 1.807) is 6.92 Å². The van der Waals surface area contributed by atoms with Crippen molar-refractivity contribution in [2.45, 2.75) is 20.0 Å². The van der Waals surface area contributed by atoms with E-state index < -0.39 is 12.6 Å². The Labute approximate surface area is 88.7 Å². The van der Waals surface area contributed by atoms with Crippen LogP contribution in [0.2, 0.25) is 0 Å². The number of ether oxygens (including phenoxy) is 2. The predicted molar refractivity (Wildman–Crippen MR) is 53.6 cm³/mol. The molecular weight excluding hydrogens is 203 g/mol. The molecule has 1 atom stereocenters. The van der Waals surface area contributed by atoms with Gasteiger partial charge in [0.05, 0.1) is 25.9 Å². The number of aliphatic carboxylic acids is 1. The molecule has 0 amide bonds. The van der Waals surface area contributed by atoms with E-state index in [1.807, 2.05) is 0 Å². The molecule has 0 spiro atoms. The van der Waals surface area contributed by atoms with Crippen LogP contribution in [0.25, 0.3) is 0 Å². The highest BCUT2D eigenvalue weighted by molar-refractivity contribution is 5.85. The average molecular weight is 220 g/mol. The van der Waals surface area contributed by atoms with Crippen LogP contribution >= 0.6 is 0 Å². The molecule has 0 saturated heterocycles. The third-order valence-corrected chi connectivity index (χ3v) is 1.65. The van der Waals surface area contributed by atoms with Crippen LogP contribution in [0.1, 0.15) is 13.8 Å². The Morgan fingerprint density at radius 2 is 2.13 bits per heavy atom. The van der Waals surface area contributed by atoms with Crippen LogP contribution in [0.15, 0.2) is 11.6 Å². The molecule has 0 saturated carbocycles. The highest BCUT2D eigenvalue weighted by atomic mass is 19.1. The lowest BCUT2D eigenvalue weighted by Crippen LogP contribution is -2.13. The minimum atomic E-state index is -0.959. The summed E-state index contributed by atoms with van der Waals surface area (Å²) in [4.78, 5) is 10.5. The van der Waals surface area contributed by atoms with E-state index in [1.165, 1.54) is 13.0 Å². The third-order valence-electron chi connectivity index (χ3n) is 1.65. The Morgan fingerprint density at radius 3 is 2.67 bits per heavy atom. The fourth-order valence-electron chi connectivity index (χ4n) is 0.921. The second-order valence-electron chi connectivity index (χ2n) is 3.03. The first-order valence-electron chi connectivity index (χ1n) is 4.75. The molecule has 15 heavy (non-hydrogen) atoms. The average Bonchev–Trinajstić information content (AvgIpc) is 2.17. The molecule has 0 fully saturated rings. The molecule has 4 nitrogen and oxygen atoms in total. The zero-order valence-corrected chi connectivity index (χ0v) is 9.03. The van der Waals surface area contributed by atoms with Crippen molar-refractivity contribution >= 4 is 5.97 Å². The smallest absolute Gasteiger partial charge is 0.331 e. The molecule has 0 aliphatic carbocycles. The second-order valence-corrected chi connectivity index (χ2v) is 3.03. The van der Waals surface area contributed by atoms with Gasteiger partial charge in [0.15, 0.2) is 0 Å². The summed E-state index contributed by atoms with van der Waals surface area (Å²) >= 11 is 0. The summed E-state index contributed by atoms with van der Waals surface area (Å²) < 4.78 is 21.7. The molecule has 5 heteroatoms. The Kier molecular flexibility index (Phi) is 7.85. The monoisotopic (exact) mass is 220 g/mol. The molecule has 0 aliphatic heterocycles. The summed E-state index contributed by atoms with van der Waals surface area (Å²) in [5.74, 6) is -0.959. The Bertz CT molecular complexity index is 215. The Hall–Kier alpha value is -0.940. The summed E-state index contributed by atoms with van der Waals surface area (Å²) in [6.07, 6.45) is 1.23. The van der Waals surface area contributed by atoms with Gasteiger partial charge in [-0.25, -0.2) is 9.18 Å². The topological polar surface area (TPSA) is 55.8 Å². The van der Waals surface area contributed by atoms with Crippen LogP contribution in [0.4, 0.5) is 4.39 Å². The van der Waals surface area contributed by atoms with Crippen LogP contribution in [-0.2, 0) is 14.3 Å². The highest BCUT2D eigenvalue weighted by Crippen LogP contribution is 1.99. The van der Waals surface area contributed by atoms with Crippen molar-refractivity contribution in [2.24, 2.45) is 0 Å². The number of hydrogen-bond acceptors (Lipinski definition) is 3. The quantitative estimate of drug-likeness (QED) is 0.496. The van der Waals surface area contributed by atoms with Gasteiger partial charge in [0.25, 0.3) is 0 Å². The summed E-state index contributed by atoms with van der Waals surface area (Å²) in [6, 6.07) is 0. The number of rotatable bonds is 8. The minimum Gasteiger partial charge on any atom is -0.478 e. The first-order chi connectivity index (χ1) is 7.07. The normalized spacial score (nSPS) is 13.9. The van der Waals surface area contributed by atoms with Gasteiger partial charge in [-0.05, 0) is 19.9 Å². The third kappa shape index (κ3) is 8.08. The van der Waals surface area contributed by atoms with Gasteiger partial charge in [-0.15, -0.1) is 0 Å². The van der Waals surface area contributed by atoms with Gasteiger partial charge in [0.1, 0.15) is 6.67 Å². The first-order valence-corrected chi connectivity index (χ1v) is 4.75.